The second-order valence-corrected chi connectivity index (χ2v) is 7.29. The number of rotatable bonds is 6. The molecule has 4 heteroatoms. The second-order valence-electron chi connectivity index (χ2n) is 6.23. The fourth-order valence-electron chi connectivity index (χ4n) is 1.70. The molecule has 0 amide bonds. The number of hydrogen-bond donors (Lipinski definition) is 1. The van der Waals surface area contributed by atoms with Gasteiger partial charge in [0.05, 0.1) is 5.69 Å². The van der Waals surface area contributed by atoms with Gasteiger partial charge >= 0.3 is 0 Å². The molecule has 1 aromatic heterocycles. The first kappa shape index (κ1) is 16.4. The molecule has 0 aliphatic rings. The first-order valence-corrected chi connectivity index (χ1v) is 8.05. The molecule has 0 aliphatic carbocycles. The molecule has 1 atom stereocenters. The maximum Gasteiger partial charge on any atom is 0.185 e. The summed E-state index contributed by atoms with van der Waals surface area (Å²) in [4.78, 5) is 8.46. The van der Waals surface area contributed by atoms with E-state index in [-0.39, 0.29) is 5.54 Å². The van der Waals surface area contributed by atoms with Gasteiger partial charge in [-0.2, -0.15) is 0 Å². The number of anilines is 1. The van der Waals surface area contributed by atoms with Gasteiger partial charge in [-0.25, -0.2) is 4.98 Å². The summed E-state index contributed by atoms with van der Waals surface area (Å²) in [6.45, 7) is 15.2. The van der Waals surface area contributed by atoms with E-state index in [1.165, 1.54) is 10.6 Å². The smallest absolute Gasteiger partial charge is 0.185 e. The van der Waals surface area contributed by atoms with Crippen LogP contribution < -0.4 is 10.2 Å². The lowest BCUT2D eigenvalue weighted by molar-refractivity contribution is 0.424. The standard InChI is InChI=1S/C15H29N3S/c1-8-11(3)13-12(10-16-15(4,5)6)19-14(17-13)18(7)9-2/h11,16H,8-10H2,1-7H3. The van der Waals surface area contributed by atoms with E-state index in [4.69, 9.17) is 4.98 Å². The number of thiazole rings is 1. The van der Waals surface area contributed by atoms with Crippen LogP contribution in [0.4, 0.5) is 5.13 Å². The SMILES string of the molecule is CCC(C)c1nc(N(C)CC)sc1CNC(C)(C)C. The fraction of sp³-hybridized carbons (Fsp3) is 0.800. The maximum absolute atomic E-state index is 4.86. The van der Waals surface area contributed by atoms with Crippen LogP contribution in [-0.2, 0) is 6.54 Å². The Morgan fingerprint density at radius 2 is 1.95 bits per heavy atom. The normalized spacial score (nSPS) is 13.6. The molecule has 1 rings (SSSR count). The molecule has 0 radical (unpaired) electrons. The van der Waals surface area contributed by atoms with E-state index in [0.717, 1.165) is 24.6 Å². The van der Waals surface area contributed by atoms with Gasteiger partial charge < -0.3 is 10.2 Å². The average Bonchev–Trinajstić information content (AvgIpc) is 2.77. The molecule has 0 bridgehead atoms. The highest BCUT2D eigenvalue weighted by Gasteiger charge is 2.19. The Hall–Kier alpha value is -0.610. The molecule has 1 unspecified atom stereocenters. The van der Waals surface area contributed by atoms with E-state index in [2.05, 4.69) is 58.8 Å². The molecule has 0 saturated carbocycles. The highest BCUT2D eigenvalue weighted by molar-refractivity contribution is 7.15. The summed E-state index contributed by atoms with van der Waals surface area (Å²) >= 11 is 1.83. The first-order chi connectivity index (χ1) is 8.78. The summed E-state index contributed by atoms with van der Waals surface area (Å²) in [5.41, 5.74) is 1.42. The average molecular weight is 283 g/mol. The van der Waals surface area contributed by atoms with Crippen molar-refractivity contribution in [2.75, 3.05) is 18.5 Å². The molecule has 1 aromatic rings. The first-order valence-electron chi connectivity index (χ1n) is 7.24. The summed E-state index contributed by atoms with van der Waals surface area (Å²) < 4.78 is 0. The van der Waals surface area contributed by atoms with Gasteiger partial charge in [-0.05, 0) is 40.0 Å². The lowest BCUT2D eigenvalue weighted by atomic mass is 10.0. The quantitative estimate of drug-likeness (QED) is 0.855. The highest BCUT2D eigenvalue weighted by Crippen LogP contribution is 2.31. The lowest BCUT2D eigenvalue weighted by Crippen LogP contribution is -2.35. The minimum Gasteiger partial charge on any atom is -0.351 e. The van der Waals surface area contributed by atoms with Crippen molar-refractivity contribution in [1.29, 1.82) is 0 Å². The van der Waals surface area contributed by atoms with Crippen molar-refractivity contribution in [2.24, 2.45) is 0 Å². The Morgan fingerprint density at radius 3 is 2.42 bits per heavy atom. The zero-order chi connectivity index (χ0) is 14.6. The van der Waals surface area contributed by atoms with Gasteiger partial charge in [0, 0.05) is 30.6 Å². The lowest BCUT2D eigenvalue weighted by Gasteiger charge is -2.20. The summed E-state index contributed by atoms with van der Waals surface area (Å²) in [6.07, 6.45) is 1.14. The molecule has 0 fully saturated rings. The van der Waals surface area contributed by atoms with E-state index in [1.54, 1.807) is 0 Å². The summed E-state index contributed by atoms with van der Waals surface area (Å²) in [7, 11) is 2.11. The van der Waals surface area contributed by atoms with Crippen LogP contribution in [0.5, 0.6) is 0 Å². The van der Waals surface area contributed by atoms with Crippen LogP contribution in [0.2, 0.25) is 0 Å². The van der Waals surface area contributed by atoms with Crippen LogP contribution in [0, 0.1) is 0 Å². The predicted octanol–water partition coefficient (Wildman–Crippen LogP) is 4.00. The van der Waals surface area contributed by atoms with Gasteiger partial charge in [0.2, 0.25) is 0 Å². The molecule has 0 saturated heterocycles. The van der Waals surface area contributed by atoms with Crippen LogP contribution in [0.1, 0.15) is 64.5 Å². The van der Waals surface area contributed by atoms with E-state index in [9.17, 15) is 0 Å². The predicted molar refractivity (Wildman–Crippen MR) is 86.4 cm³/mol. The summed E-state index contributed by atoms with van der Waals surface area (Å²) in [5.74, 6) is 0.534. The van der Waals surface area contributed by atoms with Crippen LogP contribution >= 0.6 is 11.3 Å². The highest BCUT2D eigenvalue weighted by atomic mass is 32.1. The Morgan fingerprint density at radius 1 is 1.32 bits per heavy atom. The number of aromatic nitrogens is 1. The molecule has 19 heavy (non-hydrogen) atoms. The molecule has 0 spiro atoms. The van der Waals surface area contributed by atoms with Gasteiger partial charge in [-0.15, -0.1) is 11.3 Å². The van der Waals surface area contributed by atoms with Crippen molar-refractivity contribution < 1.29 is 0 Å². The zero-order valence-electron chi connectivity index (χ0n) is 13.5. The van der Waals surface area contributed by atoms with Gasteiger partial charge in [-0.3, -0.25) is 0 Å². The molecule has 1 heterocycles. The van der Waals surface area contributed by atoms with Crippen molar-refractivity contribution in [3.63, 3.8) is 0 Å². The fourth-order valence-corrected chi connectivity index (χ4v) is 2.84. The molecule has 1 N–H and O–H groups in total. The Labute approximate surface area is 122 Å². The minimum atomic E-state index is 0.146. The van der Waals surface area contributed by atoms with Crippen molar-refractivity contribution in [2.45, 2.75) is 66.0 Å². The van der Waals surface area contributed by atoms with Crippen LogP contribution in [0.25, 0.3) is 0 Å². The van der Waals surface area contributed by atoms with Crippen LogP contribution in [0.3, 0.4) is 0 Å². The number of nitrogens with one attached hydrogen (secondary N) is 1. The molecule has 110 valence electrons. The van der Waals surface area contributed by atoms with Gasteiger partial charge in [0.15, 0.2) is 5.13 Å². The van der Waals surface area contributed by atoms with E-state index in [1.807, 2.05) is 11.3 Å². The minimum absolute atomic E-state index is 0.146. The number of hydrogen-bond acceptors (Lipinski definition) is 4. The van der Waals surface area contributed by atoms with Crippen LogP contribution in [-0.4, -0.2) is 24.1 Å². The maximum atomic E-state index is 4.86. The number of nitrogens with zero attached hydrogens (tertiary/aromatic N) is 2. The molecule has 0 aliphatic heterocycles. The Bertz CT molecular complexity index is 393. The second kappa shape index (κ2) is 6.71. The topological polar surface area (TPSA) is 28.2 Å². The van der Waals surface area contributed by atoms with Crippen molar-refractivity contribution >= 4 is 16.5 Å². The molecular weight excluding hydrogens is 254 g/mol. The zero-order valence-corrected chi connectivity index (χ0v) is 14.3. The van der Waals surface area contributed by atoms with Crippen molar-refractivity contribution in [3.05, 3.63) is 10.6 Å². The third-order valence-electron chi connectivity index (χ3n) is 3.38. The van der Waals surface area contributed by atoms with Crippen molar-refractivity contribution in [3.8, 4) is 0 Å². The largest absolute Gasteiger partial charge is 0.351 e. The summed E-state index contributed by atoms with van der Waals surface area (Å²) in [5, 5.41) is 4.72. The summed E-state index contributed by atoms with van der Waals surface area (Å²) in [6, 6.07) is 0. The van der Waals surface area contributed by atoms with Gasteiger partial charge in [-0.1, -0.05) is 13.8 Å². The Kier molecular flexibility index (Phi) is 5.81. The molecule has 0 aromatic carbocycles. The third-order valence-corrected chi connectivity index (χ3v) is 4.56. The van der Waals surface area contributed by atoms with E-state index >= 15 is 0 Å². The Balaban J connectivity index is 2.96. The monoisotopic (exact) mass is 283 g/mol. The van der Waals surface area contributed by atoms with Crippen molar-refractivity contribution in [1.82, 2.24) is 10.3 Å². The third kappa shape index (κ3) is 4.77. The van der Waals surface area contributed by atoms with Crippen LogP contribution in [0.15, 0.2) is 0 Å². The van der Waals surface area contributed by atoms with E-state index < -0.39 is 0 Å². The van der Waals surface area contributed by atoms with Gasteiger partial charge in [0.25, 0.3) is 0 Å². The molecular formula is C15H29N3S. The molecule has 3 nitrogen and oxygen atoms in total. The van der Waals surface area contributed by atoms with Gasteiger partial charge in [0.1, 0.15) is 0 Å². The van der Waals surface area contributed by atoms with E-state index in [0.29, 0.717) is 5.92 Å².